The number of hydrogen-bond donors (Lipinski definition) is 1. The Balaban J connectivity index is 0.000000387. The van der Waals surface area contributed by atoms with Crippen LogP contribution in [0.1, 0.15) is 0 Å². The van der Waals surface area contributed by atoms with E-state index < -0.39 is 11.9 Å². The van der Waals surface area contributed by atoms with Gasteiger partial charge in [-0.2, -0.15) is 0 Å². The molecule has 0 heterocycles. The fourth-order valence-electron chi connectivity index (χ4n) is 1.88. The van der Waals surface area contributed by atoms with Crippen LogP contribution in [-0.4, -0.2) is 38.9 Å². The van der Waals surface area contributed by atoms with Crippen LogP contribution in [0.4, 0.5) is 0 Å². The summed E-state index contributed by atoms with van der Waals surface area (Å²) in [7, 11) is 4.16. The molecular weight excluding hydrogens is 350 g/mol. The topological polar surface area (TPSA) is 103 Å². The molecule has 7 nitrogen and oxygen atoms in total. The van der Waals surface area contributed by atoms with E-state index in [1.165, 1.54) is 4.90 Å². The summed E-state index contributed by atoms with van der Waals surface area (Å²) in [5, 5.41) is 18.8. The lowest BCUT2D eigenvalue weighted by molar-refractivity contribution is -0.863. The van der Waals surface area contributed by atoms with Gasteiger partial charge in [0, 0.05) is 0 Å². The second kappa shape index (κ2) is 12.1. The highest BCUT2D eigenvalue weighted by molar-refractivity contribution is 5.87. The largest absolute Gasteiger partial charge is 0.545 e. The minimum absolute atomic E-state index is 0.296. The number of aliphatic carboxylic acids is 2. The quantitative estimate of drug-likeness (QED) is 0.454. The number of nitrogens with one attached hydrogen (secondary N) is 1. The van der Waals surface area contributed by atoms with Crippen molar-refractivity contribution in [3.63, 3.8) is 0 Å². The molecule has 1 N–H and O–H groups in total. The highest BCUT2D eigenvalue weighted by atomic mass is 16.7. The van der Waals surface area contributed by atoms with Crippen molar-refractivity contribution >= 4 is 11.9 Å². The van der Waals surface area contributed by atoms with Crippen LogP contribution in [0.5, 0.6) is 11.5 Å². The fourth-order valence-corrected chi connectivity index (χ4v) is 1.88. The number of carbonyl (C=O) groups excluding carboxylic acids is 2. The molecule has 27 heavy (non-hydrogen) atoms. The number of rotatable bonds is 8. The zero-order valence-corrected chi connectivity index (χ0v) is 15.2. The maximum atomic E-state index is 9.41. The van der Waals surface area contributed by atoms with Gasteiger partial charge in [0.05, 0.1) is 26.0 Å². The molecule has 0 aromatic heterocycles. The van der Waals surface area contributed by atoms with Gasteiger partial charge in [0.2, 0.25) is 0 Å². The Bertz CT molecular complexity index is 658. The standard InChI is InChI=1S/C16H19NO2.C4H4O4/c1-17(2)13-16(18-14-9-5-3-6-10-14)19-15-11-7-4-8-12-15;5-3(6)1-2-4(7)8/h3-12,16H,13H2,1-2H3;1-2H,(H,5,6)(H,7,8)/p-1. The Kier molecular flexibility index (Phi) is 9.74. The van der Waals surface area contributed by atoms with Gasteiger partial charge in [-0.05, 0) is 36.4 Å². The molecule has 0 spiro atoms. The average Bonchev–Trinajstić information content (AvgIpc) is 2.62. The molecule has 7 heteroatoms. The molecule has 144 valence electrons. The fraction of sp³-hybridized carbons (Fsp3) is 0.200. The minimum Gasteiger partial charge on any atom is -0.545 e. The van der Waals surface area contributed by atoms with E-state index in [0.29, 0.717) is 12.2 Å². The smallest absolute Gasteiger partial charge is 0.290 e. The van der Waals surface area contributed by atoms with Crippen molar-refractivity contribution < 1.29 is 34.2 Å². The van der Waals surface area contributed by atoms with Crippen molar-refractivity contribution in [2.75, 3.05) is 20.6 Å². The molecule has 0 aliphatic heterocycles. The molecule has 0 radical (unpaired) electrons. The Morgan fingerprint density at radius 2 is 1.22 bits per heavy atom. The van der Waals surface area contributed by atoms with E-state index >= 15 is 0 Å². The summed E-state index contributed by atoms with van der Waals surface area (Å²) in [5.74, 6) is -1.45. The predicted molar refractivity (Wildman–Crippen MR) is 94.8 cm³/mol. The first kappa shape index (κ1) is 21.7. The van der Waals surface area contributed by atoms with Crippen LogP contribution in [0.15, 0.2) is 72.8 Å². The van der Waals surface area contributed by atoms with Crippen molar-refractivity contribution in [2.24, 2.45) is 0 Å². The molecule has 0 saturated heterocycles. The molecule has 0 fully saturated rings. The van der Waals surface area contributed by atoms with Crippen LogP contribution in [0.3, 0.4) is 0 Å². The summed E-state index contributed by atoms with van der Waals surface area (Å²) in [6.45, 7) is 0.768. The maximum Gasteiger partial charge on any atom is 0.290 e. The molecule has 0 aliphatic rings. The Morgan fingerprint density at radius 3 is 1.52 bits per heavy atom. The number of ether oxygens (including phenoxy) is 2. The van der Waals surface area contributed by atoms with Gasteiger partial charge in [0.25, 0.3) is 6.29 Å². The van der Waals surface area contributed by atoms with Crippen LogP contribution in [0, 0.1) is 0 Å². The third kappa shape index (κ3) is 11.0. The number of carboxylic acid groups (broad SMARTS) is 2. The highest BCUT2D eigenvalue weighted by Gasteiger charge is 2.16. The van der Waals surface area contributed by atoms with E-state index in [4.69, 9.17) is 9.47 Å². The van der Waals surface area contributed by atoms with Gasteiger partial charge in [0.15, 0.2) is 6.54 Å². The Labute approximate surface area is 158 Å². The van der Waals surface area contributed by atoms with Gasteiger partial charge in [-0.25, -0.2) is 0 Å². The monoisotopic (exact) mass is 372 g/mol. The van der Waals surface area contributed by atoms with Gasteiger partial charge >= 0.3 is 0 Å². The molecule has 2 aromatic rings. The average molecular weight is 372 g/mol. The summed E-state index contributed by atoms with van der Waals surface area (Å²) in [5.41, 5.74) is 0. The first-order chi connectivity index (χ1) is 12.9. The van der Waals surface area contributed by atoms with Crippen LogP contribution in [0.2, 0.25) is 0 Å². The second-order valence-electron chi connectivity index (χ2n) is 5.67. The van der Waals surface area contributed by atoms with E-state index in [2.05, 4.69) is 14.1 Å². The van der Waals surface area contributed by atoms with Crippen LogP contribution < -0.4 is 24.6 Å². The molecule has 0 bridgehead atoms. The zero-order valence-electron chi connectivity index (χ0n) is 15.2. The van der Waals surface area contributed by atoms with Crippen molar-refractivity contribution in [3.8, 4) is 11.5 Å². The third-order valence-corrected chi connectivity index (χ3v) is 2.95. The second-order valence-corrected chi connectivity index (χ2v) is 5.67. The Hall–Kier alpha value is -3.32. The van der Waals surface area contributed by atoms with Crippen LogP contribution in [-0.2, 0) is 9.59 Å². The number of benzene rings is 2. The van der Waals surface area contributed by atoms with Gasteiger partial charge in [-0.3, -0.25) is 0 Å². The molecule has 0 amide bonds. The van der Waals surface area contributed by atoms with Crippen LogP contribution >= 0.6 is 0 Å². The lowest BCUT2D eigenvalue weighted by Gasteiger charge is -2.21. The highest BCUT2D eigenvalue weighted by Crippen LogP contribution is 2.15. The summed E-state index contributed by atoms with van der Waals surface area (Å²) in [6.07, 6.45) is 0.472. The van der Waals surface area contributed by atoms with Crippen molar-refractivity contribution in [3.05, 3.63) is 72.8 Å². The first-order valence-electron chi connectivity index (χ1n) is 8.19. The Morgan fingerprint density at radius 1 is 0.852 bits per heavy atom. The zero-order chi connectivity index (χ0) is 20.1. The summed E-state index contributed by atoms with van der Waals surface area (Å²) < 4.78 is 11.8. The van der Waals surface area contributed by atoms with Gasteiger partial charge in [0.1, 0.15) is 11.5 Å². The van der Waals surface area contributed by atoms with Crippen molar-refractivity contribution in [1.82, 2.24) is 0 Å². The number of carboxylic acids is 2. The normalized spacial score (nSPS) is 10.4. The number of likely N-dealkylation sites (N-methyl/N-ethyl adjacent to an activating group) is 1. The van der Waals surface area contributed by atoms with Crippen molar-refractivity contribution in [2.45, 2.75) is 6.29 Å². The number of carbonyl (C=O) groups is 2. The maximum absolute atomic E-state index is 9.41. The lowest BCUT2D eigenvalue weighted by Crippen LogP contribution is -3.07. The number of quaternary nitrogens is 1. The first-order valence-corrected chi connectivity index (χ1v) is 8.19. The molecule has 2 rings (SSSR count). The number of para-hydroxylation sites is 2. The lowest BCUT2D eigenvalue weighted by atomic mass is 10.3. The van der Waals surface area contributed by atoms with E-state index in [1.807, 2.05) is 60.7 Å². The predicted octanol–water partition coefficient (Wildman–Crippen LogP) is -1.34. The minimum atomic E-state index is -1.55. The summed E-state index contributed by atoms with van der Waals surface area (Å²) in [6, 6.07) is 19.5. The van der Waals surface area contributed by atoms with Crippen LogP contribution in [0.25, 0.3) is 0 Å². The van der Waals surface area contributed by atoms with E-state index in [9.17, 15) is 19.8 Å². The number of hydrogen-bond acceptors (Lipinski definition) is 6. The SMILES string of the molecule is C[NH+](C)CC(Oc1ccccc1)Oc1ccccc1.O=C([O-])C=CC(=O)[O-]. The molecule has 2 aromatic carbocycles. The van der Waals surface area contributed by atoms with Gasteiger partial charge in [-0.15, -0.1) is 0 Å². The van der Waals surface area contributed by atoms with Gasteiger partial charge < -0.3 is 34.2 Å². The van der Waals surface area contributed by atoms with Gasteiger partial charge in [-0.1, -0.05) is 36.4 Å². The summed E-state index contributed by atoms with van der Waals surface area (Å²) >= 11 is 0. The molecule has 0 aliphatic carbocycles. The molecule has 0 atom stereocenters. The van der Waals surface area contributed by atoms with E-state index in [1.54, 1.807) is 0 Å². The summed E-state index contributed by atoms with van der Waals surface area (Å²) in [4.78, 5) is 20.1. The van der Waals surface area contributed by atoms with E-state index in [0.717, 1.165) is 18.0 Å². The molecule has 0 unspecified atom stereocenters. The van der Waals surface area contributed by atoms with Crippen molar-refractivity contribution in [1.29, 1.82) is 0 Å². The third-order valence-electron chi connectivity index (χ3n) is 2.95. The van der Waals surface area contributed by atoms with E-state index in [-0.39, 0.29) is 6.29 Å². The molecule has 0 saturated carbocycles. The molecular formula is C20H22NO6-.